The van der Waals surface area contributed by atoms with Crippen molar-refractivity contribution in [1.29, 1.82) is 5.26 Å². The molecule has 228 valence electrons. The second-order valence-electron chi connectivity index (χ2n) is 10.3. The van der Waals surface area contributed by atoms with Gasteiger partial charge in [0.05, 0.1) is 29.4 Å². The van der Waals surface area contributed by atoms with Gasteiger partial charge in [-0.1, -0.05) is 38.1 Å². The summed E-state index contributed by atoms with van der Waals surface area (Å²) in [7, 11) is 0. The molecule has 0 radical (unpaired) electrons. The minimum Gasteiger partial charge on any atom is -0.476 e. The number of anilines is 2. The first-order chi connectivity index (χ1) is 21.7. The van der Waals surface area contributed by atoms with E-state index in [1.54, 1.807) is 31.2 Å². The van der Waals surface area contributed by atoms with E-state index in [0.29, 0.717) is 24.2 Å². The molecule has 0 spiro atoms. The maximum Gasteiger partial charge on any atom is 0.247 e. The summed E-state index contributed by atoms with van der Waals surface area (Å²) in [5, 5.41) is 30.8. The Hall–Kier alpha value is -6.04. The summed E-state index contributed by atoms with van der Waals surface area (Å²) in [6.45, 7) is 5.91. The topological polar surface area (TPSA) is 217 Å². The van der Waals surface area contributed by atoms with Crippen molar-refractivity contribution in [2.75, 3.05) is 17.8 Å². The lowest BCUT2D eigenvalue weighted by Crippen LogP contribution is -2.31. The Morgan fingerprint density at radius 1 is 0.956 bits per heavy atom. The summed E-state index contributed by atoms with van der Waals surface area (Å²) in [4.78, 5) is 31.7. The van der Waals surface area contributed by atoms with Gasteiger partial charge in [-0.2, -0.15) is 30.7 Å². The number of carbonyl (C=O) groups is 2. The molecule has 0 saturated carbocycles. The smallest absolute Gasteiger partial charge is 0.247 e. The maximum atomic E-state index is 11.6. The van der Waals surface area contributed by atoms with Crippen molar-refractivity contribution < 1.29 is 14.3 Å². The zero-order chi connectivity index (χ0) is 31.9. The van der Waals surface area contributed by atoms with Crippen LogP contribution in [0.5, 0.6) is 5.88 Å². The van der Waals surface area contributed by atoms with Crippen molar-refractivity contribution in [1.82, 2.24) is 20.8 Å². The van der Waals surface area contributed by atoms with Gasteiger partial charge in [0.1, 0.15) is 6.07 Å². The molecule has 15 heteroatoms. The van der Waals surface area contributed by atoms with Gasteiger partial charge < -0.3 is 10.5 Å². The lowest BCUT2D eigenvalue weighted by molar-refractivity contribution is -0.122. The van der Waals surface area contributed by atoms with Crippen molar-refractivity contribution in [2.24, 2.45) is 37.4 Å². The first-order valence-corrected chi connectivity index (χ1v) is 14.2. The number of hydrazone groups is 3. The van der Waals surface area contributed by atoms with Crippen LogP contribution in [-0.2, 0) is 9.59 Å². The number of nitrogens with zero attached hydrogens (tertiary/aromatic N) is 8. The number of azo groups is 1. The van der Waals surface area contributed by atoms with Gasteiger partial charge in [-0.25, -0.2) is 15.8 Å². The molecule has 1 aromatic heterocycles. The maximum absolute atomic E-state index is 11.6. The molecule has 2 aromatic carbocycles. The molecule has 0 aliphatic carbocycles. The first kappa shape index (κ1) is 30.4. The summed E-state index contributed by atoms with van der Waals surface area (Å²) >= 11 is 0. The Balaban J connectivity index is 1.32. The number of amides is 2. The Labute approximate surface area is 258 Å². The van der Waals surface area contributed by atoms with Crippen LogP contribution in [0.2, 0.25) is 0 Å². The number of nitrogens with two attached hydrogens (primary N) is 1. The second-order valence-corrected chi connectivity index (χ2v) is 10.3. The summed E-state index contributed by atoms with van der Waals surface area (Å²) in [5.41, 5.74) is 18.5. The van der Waals surface area contributed by atoms with Crippen LogP contribution < -0.4 is 26.7 Å². The Kier molecular flexibility index (Phi) is 9.13. The van der Waals surface area contributed by atoms with E-state index in [-0.39, 0.29) is 59.2 Å². The van der Waals surface area contributed by atoms with Crippen LogP contribution >= 0.6 is 0 Å². The number of carbonyl (C=O) groups excluding carboxylic acids is 2. The van der Waals surface area contributed by atoms with E-state index in [2.05, 4.69) is 51.8 Å². The highest BCUT2D eigenvalue weighted by molar-refractivity contribution is 6.10. The summed E-state index contributed by atoms with van der Waals surface area (Å²) < 4.78 is 5.65. The van der Waals surface area contributed by atoms with E-state index in [4.69, 9.17) is 10.5 Å². The van der Waals surface area contributed by atoms with Crippen molar-refractivity contribution in [3.63, 3.8) is 0 Å². The van der Waals surface area contributed by atoms with Crippen molar-refractivity contribution in [2.45, 2.75) is 33.6 Å². The zero-order valence-electron chi connectivity index (χ0n) is 24.8. The molecule has 0 fully saturated rings. The molecule has 3 heterocycles. The van der Waals surface area contributed by atoms with Crippen LogP contribution in [0.15, 0.2) is 74.1 Å². The lowest BCUT2D eigenvalue weighted by Gasteiger charge is -2.19. The van der Waals surface area contributed by atoms with E-state index >= 15 is 0 Å². The minimum absolute atomic E-state index is 0.00887. The molecular weight excluding hydrogens is 576 g/mol. The monoisotopic (exact) mass is 606 g/mol. The molecule has 5 N–H and O–H groups in total. The van der Waals surface area contributed by atoms with Crippen LogP contribution in [0.4, 0.5) is 22.9 Å². The van der Waals surface area contributed by atoms with Gasteiger partial charge in [-0.15, -0.1) is 5.11 Å². The molecule has 45 heavy (non-hydrogen) atoms. The first-order valence-electron chi connectivity index (χ1n) is 14.2. The molecule has 15 nitrogen and oxygen atoms in total. The van der Waals surface area contributed by atoms with Crippen LogP contribution in [0.25, 0.3) is 0 Å². The molecule has 0 unspecified atom stereocenters. The second kappa shape index (κ2) is 13.5. The predicted molar refractivity (Wildman–Crippen MR) is 167 cm³/mol. The molecule has 0 bridgehead atoms. The normalized spacial score (nSPS) is 18.4. The standard InChI is InChI=1S/C30H30N12O3/c1-4-45-30-27(42-36-21-11-7-19(8-12-21)26-17(3)14-24(44)39-41-26)28(32)33-29(34-30)22(15-31)37-35-20-9-5-18(6-10-20)25-16(2)13-23(43)38-40-25/h5-12,16-17,35H,4,13-14H2,1-3H3,(H,38,43)(H,39,44)(H2,32,33,34)/b37-22+,42-36?/t16-,17-/m1/s1. The molecule has 0 saturated heterocycles. The fourth-order valence-electron chi connectivity index (χ4n) is 4.66. The van der Waals surface area contributed by atoms with E-state index in [9.17, 15) is 14.9 Å². The van der Waals surface area contributed by atoms with E-state index in [1.807, 2.05) is 44.2 Å². The molecule has 2 atom stereocenters. The predicted octanol–water partition coefficient (Wildman–Crippen LogP) is 3.93. The third kappa shape index (κ3) is 7.13. The van der Waals surface area contributed by atoms with Gasteiger partial charge in [0, 0.05) is 24.7 Å². The molecule has 5 rings (SSSR count). The van der Waals surface area contributed by atoms with Gasteiger partial charge in [0.2, 0.25) is 23.4 Å². The lowest BCUT2D eigenvalue weighted by atomic mass is 9.94. The number of nitrogens with one attached hydrogen (secondary N) is 3. The van der Waals surface area contributed by atoms with Crippen molar-refractivity contribution >= 4 is 51.8 Å². The van der Waals surface area contributed by atoms with Gasteiger partial charge in [0.15, 0.2) is 17.3 Å². The average molecular weight is 607 g/mol. The number of hydrogen-bond donors (Lipinski definition) is 4. The minimum atomic E-state index is -0.130. The van der Waals surface area contributed by atoms with Crippen LogP contribution in [-0.4, -0.2) is 45.5 Å². The number of benzene rings is 2. The van der Waals surface area contributed by atoms with Gasteiger partial charge >= 0.3 is 0 Å². The quantitative estimate of drug-likeness (QED) is 0.158. The largest absolute Gasteiger partial charge is 0.476 e. The highest BCUT2D eigenvalue weighted by Crippen LogP contribution is 2.33. The molecule has 2 aliphatic heterocycles. The average Bonchev–Trinajstić information content (AvgIpc) is 3.02. The van der Waals surface area contributed by atoms with Gasteiger partial charge in [-0.3, -0.25) is 15.0 Å². The van der Waals surface area contributed by atoms with Crippen molar-refractivity contribution in [3.8, 4) is 11.9 Å². The number of nitrogen functional groups attached to an aromatic ring is 1. The third-order valence-corrected chi connectivity index (χ3v) is 6.90. The Bertz CT molecular complexity index is 1770. The number of ether oxygens (including phenoxy) is 1. The highest BCUT2D eigenvalue weighted by Gasteiger charge is 2.23. The fourth-order valence-corrected chi connectivity index (χ4v) is 4.66. The number of hydrogen-bond acceptors (Lipinski definition) is 13. The third-order valence-electron chi connectivity index (χ3n) is 6.90. The van der Waals surface area contributed by atoms with Crippen LogP contribution in [0.3, 0.4) is 0 Å². The van der Waals surface area contributed by atoms with E-state index < -0.39 is 0 Å². The molecule has 3 aromatic rings. The molecular formula is C30H30N12O3. The summed E-state index contributed by atoms with van der Waals surface area (Å²) in [6, 6.07) is 16.4. The van der Waals surface area contributed by atoms with Gasteiger partial charge in [0.25, 0.3) is 0 Å². The Morgan fingerprint density at radius 2 is 1.53 bits per heavy atom. The van der Waals surface area contributed by atoms with Crippen molar-refractivity contribution in [3.05, 3.63) is 65.5 Å². The Morgan fingerprint density at radius 3 is 2.07 bits per heavy atom. The zero-order valence-corrected chi connectivity index (χ0v) is 24.8. The highest BCUT2D eigenvalue weighted by atomic mass is 16.5. The SMILES string of the molecule is CCOc1nc(/C(C#N)=N/Nc2ccc(C3=NNC(=O)C[C@H]3C)cc2)nc(N)c1N=Nc1ccc(C2=NNC(=O)C[C@H]2C)cc1. The summed E-state index contributed by atoms with van der Waals surface area (Å²) in [5.74, 6) is -0.300. The van der Waals surface area contributed by atoms with Crippen LogP contribution in [0.1, 0.15) is 50.6 Å². The van der Waals surface area contributed by atoms with Gasteiger partial charge in [-0.05, 0) is 42.3 Å². The number of rotatable bonds is 9. The molecule has 2 aliphatic rings. The summed E-state index contributed by atoms with van der Waals surface area (Å²) in [6.07, 6.45) is 0.740. The van der Waals surface area contributed by atoms with E-state index in [0.717, 1.165) is 22.6 Å². The van der Waals surface area contributed by atoms with Crippen LogP contribution in [0, 0.1) is 23.2 Å². The fraction of sp³-hybridized carbons (Fsp3) is 0.267. The number of nitriles is 1. The van der Waals surface area contributed by atoms with E-state index in [1.165, 1.54) is 0 Å². The number of aromatic nitrogens is 2. The molecule has 2 amide bonds.